The van der Waals surface area contributed by atoms with Gasteiger partial charge in [-0.2, -0.15) is 26.3 Å². The number of thiophene rings is 1. The summed E-state index contributed by atoms with van der Waals surface area (Å²) < 4.78 is 108. The van der Waals surface area contributed by atoms with Crippen LogP contribution in [0.25, 0.3) is 10.2 Å². The number of halogens is 7. The fourth-order valence-corrected chi connectivity index (χ4v) is 8.59. The summed E-state index contributed by atoms with van der Waals surface area (Å²) in [5.74, 6) is -6.39. The van der Waals surface area contributed by atoms with Crippen LogP contribution in [0.1, 0.15) is 57.8 Å². The van der Waals surface area contributed by atoms with E-state index in [1.54, 1.807) is 23.5 Å². The number of fused-ring (bicyclic) bond motifs is 1. The van der Waals surface area contributed by atoms with Gasteiger partial charge in [-0.25, -0.2) is 14.0 Å². The van der Waals surface area contributed by atoms with E-state index >= 15 is 0 Å². The number of alkyl halides is 6. The number of morpholine rings is 1. The van der Waals surface area contributed by atoms with E-state index in [0.29, 0.717) is 74.6 Å². The summed E-state index contributed by atoms with van der Waals surface area (Å²) in [5, 5.41) is 4.73. The summed E-state index contributed by atoms with van der Waals surface area (Å²) in [6.07, 6.45) is -10.2. The molecule has 0 saturated carbocycles. The fourth-order valence-electron chi connectivity index (χ4n) is 6.87. The van der Waals surface area contributed by atoms with E-state index in [1.165, 1.54) is 6.07 Å². The van der Waals surface area contributed by atoms with Gasteiger partial charge in [0.05, 0.1) is 29.0 Å². The van der Waals surface area contributed by atoms with Gasteiger partial charge < -0.3 is 29.4 Å². The number of likely N-dealkylation sites (tertiary alicyclic amines) is 1. The molecule has 1 amide bonds. The van der Waals surface area contributed by atoms with Crippen molar-refractivity contribution >= 4 is 50.7 Å². The molecule has 0 radical (unpaired) electrons. The number of carbonyl (C=O) groups is 3. The Hall–Kier alpha value is -4.37. The number of ether oxygens (including phenoxy) is 3. The van der Waals surface area contributed by atoms with Crippen molar-refractivity contribution in [3.63, 3.8) is 0 Å². The maximum absolute atomic E-state index is 14.9. The molecule has 2 N–H and O–H groups in total. The lowest BCUT2D eigenvalue weighted by Crippen LogP contribution is -2.57. The standard InChI is InChI=1S/C37H37F7N4O7S2/c1-2-24-16-23(19-56-24)31(49)48-13-14-53-35(20-48)8-11-47(12-9-35)18-21-3-5-26(38)22(15-21)7-10-45-17-28(55-33(51)37(42,43)44)25-4-6-27(54-32(50)36(39,40)41)29-30(25)57-34(52)46-29/h3-6,15-16,19,28,45H,2,7-14,17-18,20H2,1H3,(H,46,52)/t28-/m0/s1. The molecule has 2 saturated heterocycles. The summed E-state index contributed by atoms with van der Waals surface area (Å²) in [6, 6.07) is 8.43. The Bertz CT molecular complexity index is 2160. The van der Waals surface area contributed by atoms with Crippen LogP contribution in [0.5, 0.6) is 5.75 Å². The highest BCUT2D eigenvalue weighted by atomic mass is 32.1. The maximum Gasteiger partial charge on any atom is 0.491 e. The van der Waals surface area contributed by atoms with E-state index in [9.17, 15) is 49.9 Å². The predicted molar refractivity (Wildman–Crippen MR) is 195 cm³/mol. The van der Waals surface area contributed by atoms with Gasteiger partial charge in [0.25, 0.3) is 5.91 Å². The summed E-state index contributed by atoms with van der Waals surface area (Å²) >= 11 is 1.97. The number of rotatable bonds is 12. The molecule has 2 aromatic carbocycles. The van der Waals surface area contributed by atoms with E-state index in [2.05, 4.69) is 19.9 Å². The highest BCUT2D eigenvalue weighted by Crippen LogP contribution is 2.36. The molecule has 20 heteroatoms. The van der Waals surface area contributed by atoms with Crippen LogP contribution in [0.2, 0.25) is 0 Å². The Labute approximate surface area is 328 Å². The van der Waals surface area contributed by atoms with Gasteiger partial charge in [0, 0.05) is 48.5 Å². The first kappa shape index (κ1) is 42.2. The monoisotopic (exact) mass is 846 g/mol. The number of aryl methyl sites for hydroxylation is 1. The van der Waals surface area contributed by atoms with E-state index in [4.69, 9.17) is 9.47 Å². The first-order valence-corrected chi connectivity index (χ1v) is 19.6. The zero-order valence-corrected chi connectivity index (χ0v) is 32.0. The van der Waals surface area contributed by atoms with Crippen LogP contribution in [0.3, 0.4) is 0 Å². The number of benzene rings is 2. The molecular weight excluding hydrogens is 810 g/mol. The summed E-state index contributed by atoms with van der Waals surface area (Å²) in [4.78, 5) is 55.3. The second-order valence-corrected chi connectivity index (χ2v) is 15.7. The normalized spacial score (nSPS) is 16.9. The number of amides is 1. The van der Waals surface area contributed by atoms with Crippen molar-refractivity contribution in [2.45, 2.75) is 63.2 Å². The second-order valence-electron chi connectivity index (χ2n) is 13.7. The Balaban J connectivity index is 1.07. The van der Waals surface area contributed by atoms with Gasteiger partial charge in [-0.05, 0) is 67.6 Å². The molecule has 1 spiro atoms. The minimum absolute atomic E-state index is 0.00182. The molecular formula is C37H37F7N4O7S2. The second kappa shape index (κ2) is 17.2. The number of H-pyrrole nitrogens is 1. The van der Waals surface area contributed by atoms with Crippen molar-refractivity contribution in [3.8, 4) is 5.75 Å². The van der Waals surface area contributed by atoms with Gasteiger partial charge >= 0.3 is 29.2 Å². The summed E-state index contributed by atoms with van der Waals surface area (Å²) in [7, 11) is 0. The molecule has 2 aliphatic heterocycles. The molecule has 308 valence electrons. The van der Waals surface area contributed by atoms with Crippen LogP contribution in [0, 0.1) is 5.82 Å². The van der Waals surface area contributed by atoms with E-state index in [0.717, 1.165) is 29.0 Å². The van der Waals surface area contributed by atoms with Crippen molar-refractivity contribution in [2.75, 3.05) is 45.9 Å². The van der Waals surface area contributed by atoms with Gasteiger partial charge in [0.2, 0.25) is 0 Å². The van der Waals surface area contributed by atoms with E-state index in [-0.39, 0.29) is 29.1 Å². The molecule has 0 bridgehead atoms. The largest absolute Gasteiger partial charge is 0.491 e. The number of aromatic nitrogens is 1. The van der Waals surface area contributed by atoms with Crippen molar-refractivity contribution < 1.29 is 59.3 Å². The number of aromatic amines is 1. The number of nitrogens with zero attached hydrogens (tertiary/aromatic N) is 2. The van der Waals surface area contributed by atoms with Crippen molar-refractivity contribution in [1.29, 1.82) is 0 Å². The number of nitrogens with one attached hydrogen (secondary N) is 2. The van der Waals surface area contributed by atoms with Gasteiger partial charge in [-0.1, -0.05) is 30.4 Å². The molecule has 11 nitrogen and oxygen atoms in total. The maximum atomic E-state index is 14.9. The molecule has 2 aromatic heterocycles. The van der Waals surface area contributed by atoms with Gasteiger partial charge in [0.1, 0.15) is 17.4 Å². The topological polar surface area (TPSA) is 130 Å². The van der Waals surface area contributed by atoms with Crippen molar-refractivity contribution in [1.82, 2.24) is 20.1 Å². The summed E-state index contributed by atoms with van der Waals surface area (Å²) in [5.41, 5.74) is 0.769. The molecule has 4 heterocycles. The number of carbonyl (C=O) groups excluding carboxylic acids is 3. The van der Waals surface area contributed by atoms with Gasteiger partial charge in [0.15, 0.2) is 5.75 Å². The average Bonchev–Trinajstić information content (AvgIpc) is 3.81. The van der Waals surface area contributed by atoms with Crippen LogP contribution in [-0.4, -0.2) is 96.5 Å². The first-order chi connectivity index (χ1) is 26.9. The minimum Gasteiger partial charge on any atom is -0.449 e. The van der Waals surface area contributed by atoms with Crippen LogP contribution in [-0.2, 0) is 38.4 Å². The molecule has 2 aliphatic rings. The Morgan fingerprint density at radius 3 is 2.44 bits per heavy atom. The molecule has 0 unspecified atom stereocenters. The van der Waals surface area contributed by atoms with Crippen LogP contribution in [0.4, 0.5) is 30.7 Å². The Morgan fingerprint density at radius 2 is 1.75 bits per heavy atom. The third-order valence-corrected chi connectivity index (χ3v) is 11.8. The third-order valence-electron chi connectivity index (χ3n) is 9.80. The van der Waals surface area contributed by atoms with Crippen LogP contribution in [0.15, 0.2) is 46.6 Å². The molecule has 4 aromatic rings. The zero-order chi connectivity index (χ0) is 41.1. The smallest absolute Gasteiger partial charge is 0.449 e. The number of thiazole rings is 1. The Kier molecular flexibility index (Phi) is 12.8. The number of esters is 2. The molecule has 2 fully saturated rings. The van der Waals surface area contributed by atoms with Crippen molar-refractivity contribution in [2.24, 2.45) is 0 Å². The van der Waals surface area contributed by atoms with Crippen LogP contribution < -0.4 is 14.9 Å². The number of hydrogen-bond donors (Lipinski definition) is 2. The molecule has 0 aliphatic carbocycles. The minimum atomic E-state index is -5.41. The third kappa shape index (κ3) is 10.2. The lowest BCUT2D eigenvalue weighted by molar-refractivity contribution is -0.205. The van der Waals surface area contributed by atoms with Gasteiger partial charge in [-0.3, -0.25) is 14.5 Å². The molecule has 6 rings (SSSR count). The number of piperidine rings is 1. The Morgan fingerprint density at radius 1 is 1.02 bits per heavy atom. The van der Waals surface area contributed by atoms with E-state index < -0.39 is 64.5 Å². The SMILES string of the molecule is CCc1cc(C(=O)N2CCOC3(CCN(Cc4ccc(F)c(CCNC[C@H](OC(=O)C(F)(F)F)c5ccc(OC(=O)C(F)(F)F)c6[nH]c(=O)sc56)c4)CC3)C2)cs1. The lowest BCUT2D eigenvalue weighted by atomic mass is 9.89. The lowest BCUT2D eigenvalue weighted by Gasteiger charge is -2.47. The number of hydrogen-bond acceptors (Lipinski definition) is 11. The van der Waals surface area contributed by atoms with Crippen molar-refractivity contribution in [3.05, 3.63) is 84.4 Å². The quantitative estimate of drug-likeness (QED) is 0.0730. The van der Waals surface area contributed by atoms with Crippen LogP contribution >= 0.6 is 22.7 Å². The highest BCUT2D eigenvalue weighted by Gasteiger charge is 2.44. The van der Waals surface area contributed by atoms with E-state index in [1.807, 2.05) is 23.3 Å². The zero-order valence-electron chi connectivity index (χ0n) is 30.3. The van der Waals surface area contributed by atoms with Gasteiger partial charge in [-0.15, -0.1) is 11.3 Å². The fraction of sp³-hybridized carbons (Fsp3) is 0.459. The molecule has 57 heavy (non-hydrogen) atoms. The molecule has 1 atom stereocenters. The predicted octanol–water partition coefficient (Wildman–Crippen LogP) is 6.31. The first-order valence-electron chi connectivity index (χ1n) is 17.9. The highest BCUT2D eigenvalue weighted by molar-refractivity contribution is 7.16. The average molecular weight is 847 g/mol. The summed E-state index contributed by atoms with van der Waals surface area (Å²) in [6.45, 7) is 4.92.